The molecule has 0 radical (unpaired) electrons. The minimum Gasteiger partial charge on any atom is -0.381 e. The monoisotopic (exact) mass is 369 g/mol. The van der Waals surface area contributed by atoms with Crippen LogP contribution in [0.25, 0.3) is 0 Å². The van der Waals surface area contributed by atoms with E-state index < -0.39 is 0 Å². The number of nitrogens with zero attached hydrogens (tertiary/aromatic N) is 1. The SMILES string of the molecule is CCSC1(CNC(=NC)NC(C)Cc2ccc(C)s2)CCOCC1. The van der Waals surface area contributed by atoms with E-state index in [1.165, 1.54) is 9.75 Å². The van der Waals surface area contributed by atoms with Crippen molar-refractivity contribution < 1.29 is 4.74 Å². The molecule has 0 saturated carbocycles. The number of aliphatic imine (C=N–C) groups is 1. The van der Waals surface area contributed by atoms with E-state index in [0.717, 1.165) is 50.7 Å². The van der Waals surface area contributed by atoms with Gasteiger partial charge in [0.25, 0.3) is 0 Å². The second kappa shape index (κ2) is 9.68. The van der Waals surface area contributed by atoms with Crippen molar-refractivity contribution in [2.24, 2.45) is 4.99 Å². The predicted octanol–water partition coefficient (Wildman–Crippen LogP) is 3.45. The zero-order valence-corrected chi connectivity index (χ0v) is 17.0. The van der Waals surface area contributed by atoms with Crippen LogP contribution in [0.4, 0.5) is 0 Å². The molecule has 0 amide bonds. The first-order valence-corrected chi connectivity index (χ1v) is 10.6. The van der Waals surface area contributed by atoms with Crippen molar-refractivity contribution in [2.75, 3.05) is 32.6 Å². The molecule has 136 valence electrons. The van der Waals surface area contributed by atoms with E-state index in [4.69, 9.17) is 4.74 Å². The third-order valence-corrected chi connectivity index (χ3v) is 6.82. The summed E-state index contributed by atoms with van der Waals surface area (Å²) in [4.78, 5) is 7.20. The summed E-state index contributed by atoms with van der Waals surface area (Å²) >= 11 is 3.93. The lowest BCUT2D eigenvalue weighted by Crippen LogP contribution is -2.50. The average Bonchev–Trinajstić information content (AvgIpc) is 2.97. The van der Waals surface area contributed by atoms with Crippen LogP contribution >= 0.6 is 23.1 Å². The van der Waals surface area contributed by atoms with E-state index >= 15 is 0 Å². The van der Waals surface area contributed by atoms with Crippen LogP contribution in [0.3, 0.4) is 0 Å². The zero-order chi connectivity index (χ0) is 17.4. The lowest BCUT2D eigenvalue weighted by molar-refractivity contribution is 0.0782. The van der Waals surface area contributed by atoms with Crippen LogP contribution in [0.2, 0.25) is 0 Å². The molecule has 2 rings (SSSR count). The highest BCUT2D eigenvalue weighted by molar-refractivity contribution is 8.00. The molecule has 1 aromatic heterocycles. The number of ether oxygens (including phenoxy) is 1. The Hall–Kier alpha value is -0.720. The Morgan fingerprint density at radius 1 is 1.42 bits per heavy atom. The van der Waals surface area contributed by atoms with E-state index in [2.05, 4.69) is 60.3 Å². The minimum absolute atomic E-state index is 0.277. The molecule has 2 N–H and O–H groups in total. The van der Waals surface area contributed by atoms with Crippen molar-refractivity contribution in [3.05, 3.63) is 21.9 Å². The van der Waals surface area contributed by atoms with E-state index in [1.54, 1.807) is 0 Å². The van der Waals surface area contributed by atoms with Crippen LogP contribution in [0, 0.1) is 6.92 Å². The minimum atomic E-state index is 0.277. The fourth-order valence-electron chi connectivity index (χ4n) is 3.04. The maximum Gasteiger partial charge on any atom is 0.191 e. The summed E-state index contributed by atoms with van der Waals surface area (Å²) in [7, 11) is 1.85. The molecule has 1 aliphatic rings. The van der Waals surface area contributed by atoms with Crippen molar-refractivity contribution in [1.29, 1.82) is 0 Å². The lowest BCUT2D eigenvalue weighted by Gasteiger charge is -2.37. The van der Waals surface area contributed by atoms with Gasteiger partial charge in [-0.1, -0.05) is 6.92 Å². The number of aryl methyl sites for hydroxylation is 1. The van der Waals surface area contributed by atoms with E-state index in [-0.39, 0.29) is 4.75 Å². The smallest absolute Gasteiger partial charge is 0.191 e. The Kier molecular flexibility index (Phi) is 7.91. The molecule has 0 bridgehead atoms. The third-order valence-electron chi connectivity index (χ3n) is 4.34. The maximum absolute atomic E-state index is 5.55. The second-order valence-electron chi connectivity index (χ2n) is 6.42. The van der Waals surface area contributed by atoms with Gasteiger partial charge in [0.1, 0.15) is 0 Å². The van der Waals surface area contributed by atoms with E-state index in [1.807, 2.05) is 18.4 Å². The standard InChI is InChI=1S/C18H31N3OS2/c1-5-23-18(8-10-22-11-9-18)13-20-17(19-4)21-14(2)12-16-7-6-15(3)24-16/h6-7,14H,5,8-13H2,1-4H3,(H2,19,20,21). The van der Waals surface area contributed by atoms with Gasteiger partial charge in [-0.3, -0.25) is 4.99 Å². The van der Waals surface area contributed by atoms with Gasteiger partial charge >= 0.3 is 0 Å². The molecular formula is C18H31N3OS2. The van der Waals surface area contributed by atoms with Gasteiger partial charge in [-0.05, 0) is 44.6 Å². The molecule has 1 aromatic rings. The quantitative estimate of drug-likeness (QED) is 0.571. The Bertz CT molecular complexity index is 519. The van der Waals surface area contributed by atoms with Crippen LogP contribution in [0.5, 0.6) is 0 Å². The highest BCUT2D eigenvalue weighted by Gasteiger charge is 2.32. The fourth-order valence-corrected chi connectivity index (χ4v) is 5.30. The zero-order valence-electron chi connectivity index (χ0n) is 15.4. The molecule has 2 heterocycles. The van der Waals surface area contributed by atoms with Gasteiger partial charge in [0.05, 0.1) is 0 Å². The van der Waals surface area contributed by atoms with Crippen molar-refractivity contribution in [2.45, 2.75) is 50.8 Å². The summed E-state index contributed by atoms with van der Waals surface area (Å²) in [6.45, 7) is 9.29. The highest BCUT2D eigenvalue weighted by atomic mass is 32.2. The summed E-state index contributed by atoms with van der Waals surface area (Å²) in [6, 6.07) is 4.78. The lowest BCUT2D eigenvalue weighted by atomic mass is 9.99. The molecule has 0 aliphatic carbocycles. The molecule has 4 nitrogen and oxygen atoms in total. The van der Waals surface area contributed by atoms with Gasteiger partial charge in [0.2, 0.25) is 0 Å². The van der Waals surface area contributed by atoms with Crippen molar-refractivity contribution >= 4 is 29.1 Å². The van der Waals surface area contributed by atoms with Gasteiger partial charge in [0, 0.05) is 53.8 Å². The normalized spacial score (nSPS) is 19.1. The first-order valence-electron chi connectivity index (χ1n) is 8.81. The molecule has 1 fully saturated rings. The highest BCUT2D eigenvalue weighted by Crippen LogP contribution is 2.34. The molecule has 1 aliphatic heterocycles. The summed E-state index contributed by atoms with van der Waals surface area (Å²) < 4.78 is 5.83. The van der Waals surface area contributed by atoms with Gasteiger partial charge in [-0.25, -0.2) is 0 Å². The molecule has 1 atom stereocenters. The molecule has 1 saturated heterocycles. The van der Waals surface area contributed by atoms with Crippen LogP contribution in [0.15, 0.2) is 17.1 Å². The average molecular weight is 370 g/mol. The summed E-state index contributed by atoms with van der Waals surface area (Å²) in [5.74, 6) is 2.04. The summed E-state index contributed by atoms with van der Waals surface area (Å²) in [5, 5.41) is 7.08. The summed E-state index contributed by atoms with van der Waals surface area (Å²) in [5.41, 5.74) is 0. The number of guanidine groups is 1. The topological polar surface area (TPSA) is 45.7 Å². The van der Waals surface area contributed by atoms with Gasteiger partial charge in [0.15, 0.2) is 5.96 Å². The Balaban J connectivity index is 1.84. The largest absolute Gasteiger partial charge is 0.381 e. The Morgan fingerprint density at radius 3 is 2.75 bits per heavy atom. The molecule has 0 spiro atoms. The van der Waals surface area contributed by atoms with Crippen molar-refractivity contribution in [3.63, 3.8) is 0 Å². The molecule has 6 heteroatoms. The first-order chi connectivity index (χ1) is 11.6. The fraction of sp³-hybridized carbons (Fsp3) is 0.722. The van der Waals surface area contributed by atoms with E-state index in [0.29, 0.717) is 6.04 Å². The van der Waals surface area contributed by atoms with Gasteiger partial charge < -0.3 is 15.4 Å². The molecule has 1 unspecified atom stereocenters. The number of hydrogen-bond donors (Lipinski definition) is 2. The van der Waals surface area contributed by atoms with E-state index in [9.17, 15) is 0 Å². The molecular weight excluding hydrogens is 338 g/mol. The number of thiophene rings is 1. The number of rotatable bonds is 7. The Morgan fingerprint density at radius 2 is 2.17 bits per heavy atom. The molecule has 24 heavy (non-hydrogen) atoms. The molecule has 0 aromatic carbocycles. The van der Waals surface area contributed by atoms with Crippen molar-refractivity contribution in [3.8, 4) is 0 Å². The van der Waals surface area contributed by atoms with Crippen LogP contribution in [-0.2, 0) is 11.2 Å². The maximum atomic E-state index is 5.55. The third kappa shape index (κ3) is 5.97. The predicted molar refractivity (Wildman–Crippen MR) is 108 cm³/mol. The van der Waals surface area contributed by atoms with Crippen molar-refractivity contribution in [1.82, 2.24) is 10.6 Å². The first kappa shape index (κ1) is 19.6. The number of thioether (sulfide) groups is 1. The number of hydrogen-bond acceptors (Lipinski definition) is 4. The second-order valence-corrected chi connectivity index (χ2v) is 9.52. The van der Waals surface area contributed by atoms with Crippen LogP contribution < -0.4 is 10.6 Å². The van der Waals surface area contributed by atoms with Gasteiger partial charge in [-0.15, -0.1) is 11.3 Å². The Labute approximate surface area is 154 Å². The van der Waals surface area contributed by atoms with Gasteiger partial charge in [-0.2, -0.15) is 11.8 Å². The van der Waals surface area contributed by atoms with Crippen LogP contribution in [-0.4, -0.2) is 49.3 Å². The summed E-state index contributed by atoms with van der Waals surface area (Å²) in [6.07, 6.45) is 3.25. The van der Waals surface area contributed by atoms with Crippen LogP contribution in [0.1, 0.15) is 36.4 Å². The number of nitrogens with one attached hydrogen (secondary N) is 2.